The lowest BCUT2D eigenvalue weighted by Gasteiger charge is -2.12. The number of hydrogen-bond donors (Lipinski definition) is 2. The summed E-state index contributed by atoms with van der Waals surface area (Å²) in [6.07, 6.45) is 3.69. The van der Waals surface area contributed by atoms with E-state index in [1.165, 1.54) is 18.5 Å². The Morgan fingerprint density at radius 2 is 2.14 bits per heavy atom. The van der Waals surface area contributed by atoms with Gasteiger partial charge in [-0.2, -0.15) is 5.10 Å². The summed E-state index contributed by atoms with van der Waals surface area (Å²) in [5, 5.41) is 11.1. The molecule has 1 fully saturated rings. The molecule has 0 unspecified atom stereocenters. The molecule has 0 bridgehead atoms. The van der Waals surface area contributed by atoms with Crippen molar-refractivity contribution < 1.29 is 4.74 Å². The van der Waals surface area contributed by atoms with Crippen molar-refractivity contribution in [3.63, 3.8) is 0 Å². The molecule has 6 nitrogen and oxygen atoms in total. The largest absolute Gasteiger partial charge is 0.379 e. The number of nitrogens with zero attached hydrogens (tertiary/aromatic N) is 3. The van der Waals surface area contributed by atoms with E-state index in [-0.39, 0.29) is 0 Å². The van der Waals surface area contributed by atoms with Gasteiger partial charge in [-0.15, -0.1) is 0 Å². The zero-order valence-electron chi connectivity index (χ0n) is 14.1. The van der Waals surface area contributed by atoms with Crippen LogP contribution in [0, 0.1) is 19.8 Å². The maximum atomic E-state index is 5.59. The molecule has 124 valence electrons. The molecule has 6 heteroatoms. The zero-order valence-corrected chi connectivity index (χ0v) is 14.1. The van der Waals surface area contributed by atoms with Gasteiger partial charge in [0.15, 0.2) is 5.96 Å². The first-order chi connectivity index (χ1) is 10.7. The summed E-state index contributed by atoms with van der Waals surface area (Å²) >= 11 is 0. The van der Waals surface area contributed by atoms with Crippen molar-refractivity contribution in [2.75, 3.05) is 33.4 Å². The lowest BCUT2D eigenvalue weighted by Crippen LogP contribution is -2.39. The Morgan fingerprint density at radius 1 is 1.36 bits per heavy atom. The predicted octanol–water partition coefficient (Wildman–Crippen LogP) is 1.48. The molecule has 0 aliphatic heterocycles. The van der Waals surface area contributed by atoms with E-state index in [9.17, 15) is 0 Å². The van der Waals surface area contributed by atoms with E-state index in [1.807, 2.05) is 6.92 Å². The molecule has 0 saturated heterocycles. The van der Waals surface area contributed by atoms with E-state index < -0.39 is 0 Å². The summed E-state index contributed by atoms with van der Waals surface area (Å²) in [5.41, 5.74) is 2.29. The molecule has 0 amide bonds. The highest BCUT2D eigenvalue weighted by atomic mass is 16.5. The van der Waals surface area contributed by atoms with Gasteiger partial charge >= 0.3 is 0 Å². The maximum Gasteiger partial charge on any atom is 0.191 e. The van der Waals surface area contributed by atoms with Crippen LogP contribution < -0.4 is 10.6 Å². The second-order valence-corrected chi connectivity index (χ2v) is 5.95. The second-order valence-electron chi connectivity index (χ2n) is 5.95. The molecule has 1 aliphatic rings. The maximum absolute atomic E-state index is 5.59. The molecular weight excluding hydrogens is 278 g/mol. The minimum Gasteiger partial charge on any atom is -0.379 e. The van der Waals surface area contributed by atoms with Crippen LogP contribution >= 0.6 is 0 Å². The first kappa shape index (κ1) is 16.8. The normalized spacial score (nSPS) is 15.1. The monoisotopic (exact) mass is 307 g/mol. The number of aromatic nitrogens is 2. The van der Waals surface area contributed by atoms with Crippen molar-refractivity contribution in [3.05, 3.63) is 17.5 Å². The third-order valence-electron chi connectivity index (χ3n) is 3.76. The summed E-state index contributed by atoms with van der Waals surface area (Å²) in [6.45, 7) is 8.37. The fourth-order valence-electron chi connectivity index (χ4n) is 2.33. The molecule has 1 heterocycles. The summed E-state index contributed by atoms with van der Waals surface area (Å²) < 4.78 is 7.65. The molecule has 2 N–H and O–H groups in total. The van der Waals surface area contributed by atoms with E-state index in [2.05, 4.69) is 38.4 Å². The average molecular weight is 307 g/mol. The van der Waals surface area contributed by atoms with Crippen molar-refractivity contribution in [2.24, 2.45) is 10.9 Å². The van der Waals surface area contributed by atoms with Gasteiger partial charge in [-0.05, 0) is 45.1 Å². The Bertz CT molecular complexity index is 479. The molecule has 1 saturated carbocycles. The molecule has 1 aromatic rings. The lowest BCUT2D eigenvalue weighted by molar-refractivity contribution is 0.129. The minimum absolute atomic E-state index is 0.739. The van der Waals surface area contributed by atoms with E-state index in [4.69, 9.17) is 4.74 Å². The van der Waals surface area contributed by atoms with Crippen molar-refractivity contribution >= 4 is 5.96 Å². The first-order valence-electron chi connectivity index (χ1n) is 8.22. The molecule has 22 heavy (non-hydrogen) atoms. The van der Waals surface area contributed by atoms with Gasteiger partial charge in [0, 0.05) is 39.0 Å². The third kappa shape index (κ3) is 6.05. The van der Waals surface area contributed by atoms with Crippen molar-refractivity contribution in [3.8, 4) is 0 Å². The van der Waals surface area contributed by atoms with E-state index in [0.29, 0.717) is 0 Å². The average Bonchev–Trinajstić information content (AvgIpc) is 3.26. The van der Waals surface area contributed by atoms with E-state index in [0.717, 1.165) is 56.8 Å². The Hall–Kier alpha value is -1.56. The highest BCUT2D eigenvalue weighted by molar-refractivity contribution is 5.79. The number of aryl methyl sites for hydroxylation is 3. The highest BCUT2D eigenvalue weighted by Crippen LogP contribution is 2.28. The molecule has 0 spiro atoms. The standard InChI is InChI=1S/C16H29N5O/c1-13-11-14(2)21(20-13)9-4-7-18-16(17-3)19-8-10-22-12-15-5-6-15/h11,15H,4-10,12H2,1-3H3,(H2,17,18,19). The van der Waals surface area contributed by atoms with Gasteiger partial charge in [-0.25, -0.2) is 0 Å². The second kappa shape index (κ2) is 8.78. The van der Waals surface area contributed by atoms with Crippen LogP contribution in [0.1, 0.15) is 30.7 Å². The van der Waals surface area contributed by atoms with Crippen LogP contribution in [0.3, 0.4) is 0 Å². The SMILES string of the molecule is CN=C(NCCCn1nc(C)cc1C)NCCOCC1CC1. The molecule has 1 aliphatic carbocycles. The fraction of sp³-hybridized carbons (Fsp3) is 0.750. The van der Waals surface area contributed by atoms with Crippen LogP contribution in [0.2, 0.25) is 0 Å². The van der Waals surface area contributed by atoms with Crippen LogP contribution in [0.5, 0.6) is 0 Å². The van der Waals surface area contributed by atoms with Crippen LogP contribution in [-0.4, -0.2) is 49.1 Å². The van der Waals surface area contributed by atoms with Crippen LogP contribution in [0.4, 0.5) is 0 Å². The van der Waals surface area contributed by atoms with Gasteiger partial charge in [0.05, 0.1) is 12.3 Å². The topological polar surface area (TPSA) is 63.5 Å². The van der Waals surface area contributed by atoms with Gasteiger partial charge in [-0.3, -0.25) is 9.67 Å². The number of aliphatic imine (C=N–C) groups is 1. The number of nitrogens with one attached hydrogen (secondary N) is 2. The number of rotatable bonds is 9. The molecule has 0 radical (unpaired) electrons. The van der Waals surface area contributed by atoms with Gasteiger partial charge in [-0.1, -0.05) is 0 Å². The molecular formula is C16H29N5O. The van der Waals surface area contributed by atoms with Gasteiger partial charge < -0.3 is 15.4 Å². The van der Waals surface area contributed by atoms with E-state index >= 15 is 0 Å². The minimum atomic E-state index is 0.739. The number of guanidine groups is 1. The smallest absolute Gasteiger partial charge is 0.191 e. The van der Waals surface area contributed by atoms with Gasteiger partial charge in [0.25, 0.3) is 0 Å². The van der Waals surface area contributed by atoms with Crippen LogP contribution in [-0.2, 0) is 11.3 Å². The lowest BCUT2D eigenvalue weighted by atomic mass is 10.4. The first-order valence-corrected chi connectivity index (χ1v) is 8.22. The Kier molecular flexibility index (Phi) is 6.71. The Labute approximate surface area is 133 Å². The van der Waals surface area contributed by atoms with Crippen molar-refractivity contribution in [2.45, 2.75) is 39.7 Å². The summed E-state index contributed by atoms with van der Waals surface area (Å²) in [7, 11) is 1.79. The quantitative estimate of drug-likeness (QED) is 0.412. The summed E-state index contributed by atoms with van der Waals surface area (Å²) in [4.78, 5) is 4.22. The Morgan fingerprint density at radius 3 is 2.77 bits per heavy atom. The van der Waals surface area contributed by atoms with Crippen molar-refractivity contribution in [1.82, 2.24) is 20.4 Å². The molecule has 0 atom stereocenters. The predicted molar refractivity (Wildman–Crippen MR) is 89.2 cm³/mol. The van der Waals surface area contributed by atoms with Crippen molar-refractivity contribution in [1.29, 1.82) is 0 Å². The molecule has 2 rings (SSSR count). The van der Waals surface area contributed by atoms with E-state index in [1.54, 1.807) is 7.05 Å². The molecule has 0 aromatic carbocycles. The summed E-state index contributed by atoms with van der Waals surface area (Å²) in [6, 6.07) is 2.11. The third-order valence-corrected chi connectivity index (χ3v) is 3.76. The fourth-order valence-corrected chi connectivity index (χ4v) is 2.33. The molecule has 1 aromatic heterocycles. The van der Waals surface area contributed by atoms with Crippen LogP contribution in [0.25, 0.3) is 0 Å². The summed E-state index contributed by atoms with van der Waals surface area (Å²) in [5.74, 6) is 1.66. The number of hydrogen-bond acceptors (Lipinski definition) is 3. The van der Waals surface area contributed by atoms with Gasteiger partial charge in [0.1, 0.15) is 0 Å². The Balaban J connectivity index is 1.52. The highest BCUT2D eigenvalue weighted by Gasteiger charge is 2.20. The van der Waals surface area contributed by atoms with Crippen LogP contribution in [0.15, 0.2) is 11.1 Å². The zero-order chi connectivity index (χ0) is 15.8. The number of ether oxygens (including phenoxy) is 1. The van der Waals surface area contributed by atoms with Gasteiger partial charge in [0.2, 0.25) is 0 Å².